The van der Waals surface area contributed by atoms with Crippen molar-refractivity contribution in [3.63, 3.8) is 0 Å². The van der Waals surface area contributed by atoms with Crippen molar-refractivity contribution >= 4 is 41.8 Å². The lowest BCUT2D eigenvalue weighted by Gasteiger charge is -2.17. The molecule has 4 rings (SSSR count). The Balaban J connectivity index is 1.87. The third-order valence-corrected chi connectivity index (χ3v) is 6.37. The van der Waals surface area contributed by atoms with Crippen LogP contribution in [0.2, 0.25) is 5.02 Å². The molecule has 7 heteroatoms. The van der Waals surface area contributed by atoms with Gasteiger partial charge in [0.25, 0.3) is 5.91 Å². The first-order chi connectivity index (χ1) is 13.4. The van der Waals surface area contributed by atoms with Crippen LogP contribution in [0, 0.1) is 5.92 Å². The van der Waals surface area contributed by atoms with Crippen molar-refractivity contribution in [3.05, 3.63) is 56.6 Å². The topological polar surface area (TPSA) is 67.8 Å². The van der Waals surface area contributed by atoms with Gasteiger partial charge in [-0.05, 0) is 49.2 Å². The van der Waals surface area contributed by atoms with Gasteiger partial charge in [0.05, 0.1) is 18.7 Å². The molecule has 1 unspecified atom stereocenters. The number of ether oxygens (including phenoxy) is 1. The molecule has 146 valence electrons. The molecule has 1 N–H and O–H groups in total. The van der Waals surface area contributed by atoms with Crippen LogP contribution in [0.5, 0.6) is 0 Å². The summed E-state index contributed by atoms with van der Waals surface area (Å²) in [6, 6.07) is 7.49. The van der Waals surface area contributed by atoms with Gasteiger partial charge in [-0.15, -0.1) is 12.6 Å². The molecule has 5 nitrogen and oxygen atoms in total. The predicted octanol–water partition coefficient (Wildman–Crippen LogP) is 3.83. The van der Waals surface area contributed by atoms with E-state index in [1.807, 2.05) is 31.2 Å². The molecule has 1 spiro atoms. The van der Waals surface area contributed by atoms with Crippen molar-refractivity contribution in [1.82, 2.24) is 5.32 Å². The fraction of sp³-hybridized carbons (Fsp3) is 0.381. The first-order valence-electron chi connectivity index (χ1n) is 9.23. The SMILES string of the molecule is COC(=O)C1CC(S)=C(C2=C(C)NC(=O)C3(CC3)N=C2c2ccccc2Cl)C1. The number of nitrogens with zero attached hydrogens (tertiary/aromatic N) is 1. The van der Waals surface area contributed by atoms with Crippen LogP contribution in [0.4, 0.5) is 0 Å². The summed E-state index contributed by atoms with van der Waals surface area (Å²) >= 11 is 11.2. The second-order valence-corrected chi connectivity index (χ2v) is 8.43. The van der Waals surface area contributed by atoms with Crippen molar-refractivity contribution in [1.29, 1.82) is 0 Å². The van der Waals surface area contributed by atoms with Crippen LogP contribution in [0.1, 0.15) is 38.2 Å². The van der Waals surface area contributed by atoms with Gasteiger partial charge >= 0.3 is 5.97 Å². The second kappa shape index (κ2) is 7.08. The van der Waals surface area contributed by atoms with Crippen LogP contribution in [0.15, 0.2) is 51.0 Å². The van der Waals surface area contributed by atoms with E-state index in [1.165, 1.54) is 7.11 Å². The van der Waals surface area contributed by atoms with Crippen molar-refractivity contribution in [2.75, 3.05) is 7.11 Å². The van der Waals surface area contributed by atoms with Crippen molar-refractivity contribution in [2.24, 2.45) is 10.9 Å². The van der Waals surface area contributed by atoms with Gasteiger partial charge in [-0.25, -0.2) is 0 Å². The fourth-order valence-electron chi connectivity index (χ4n) is 3.89. The molecule has 1 atom stereocenters. The maximum atomic E-state index is 12.7. The minimum Gasteiger partial charge on any atom is -0.469 e. The van der Waals surface area contributed by atoms with Crippen molar-refractivity contribution < 1.29 is 14.3 Å². The number of hydrogen-bond donors (Lipinski definition) is 2. The van der Waals surface area contributed by atoms with E-state index in [1.54, 1.807) is 0 Å². The van der Waals surface area contributed by atoms with E-state index in [0.717, 1.165) is 21.6 Å². The highest BCUT2D eigenvalue weighted by molar-refractivity contribution is 7.84. The van der Waals surface area contributed by atoms with Gasteiger partial charge in [0, 0.05) is 21.9 Å². The Bertz CT molecular complexity index is 976. The van der Waals surface area contributed by atoms with E-state index >= 15 is 0 Å². The quantitative estimate of drug-likeness (QED) is 0.581. The van der Waals surface area contributed by atoms with Gasteiger partial charge in [-0.1, -0.05) is 29.8 Å². The fourth-order valence-corrected chi connectivity index (χ4v) is 4.54. The summed E-state index contributed by atoms with van der Waals surface area (Å²) in [7, 11) is 1.39. The van der Waals surface area contributed by atoms with Crippen LogP contribution in [-0.2, 0) is 14.3 Å². The number of halogens is 1. The van der Waals surface area contributed by atoms with Crippen molar-refractivity contribution in [3.8, 4) is 0 Å². The van der Waals surface area contributed by atoms with Gasteiger partial charge in [0.1, 0.15) is 5.54 Å². The Hall–Kier alpha value is -2.05. The number of benzene rings is 1. The van der Waals surface area contributed by atoms with E-state index in [2.05, 4.69) is 17.9 Å². The Labute approximate surface area is 174 Å². The van der Waals surface area contributed by atoms with E-state index in [-0.39, 0.29) is 17.8 Å². The standard InChI is InChI=1S/C21H21ClN2O3S/c1-11-17(14-9-12(10-16(14)28)19(25)27-2)18(13-5-3-4-6-15(13)22)24-21(7-8-21)20(26)23-11/h3-6,12,28H,7-10H2,1-2H3,(H,23,26). The minimum atomic E-state index is -0.727. The van der Waals surface area contributed by atoms with E-state index < -0.39 is 5.54 Å². The van der Waals surface area contributed by atoms with Gasteiger partial charge in [0.2, 0.25) is 0 Å². The number of allylic oxidation sites excluding steroid dienone is 4. The number of carbonyl (C=O) groups is 2. The molecule has 0 radical (unpaired) electrons. The lowest BCUT2D eigenvalue weighted by atomic mass is 9.92. The average molecular weight is 417 g/mol. The Morgan fingerprint density at radius 1 is 1.32 bits per heavy atom. The second-order valence-electron chi connectivity index (χ2n) is 7.48. The molecule has 3 aliphatic rings. The molecule has 2 aliphatic carbocycles. The molecule has 1 aromatic rings. The Morgan fingerprint density at radius 3 is 2.68 bits per heavy atom. The summed E-state index contributed by atoms with van der Waals surface area (Å²) < 4.78 is 4.92. The number of rotatable bonds is 3. The number of thiol groups is 1. The normalized spacial score (nSPS) is 23.5. The Morgan fingerprint density at radius 2 is 2.04 bits per heavy atom. The van der Waals surface area contributed by atoms with E-state index in [4.69, 9.17) is 21.3 Å². The first kappa shape index (κ1) is 19.3. The lowest BCUT2D eigenvalue weighted by Crippen LogP contribution is -2.32. The van der Waals surface area contributed by atoms with Crippen molar-refractivity contribution in [2.45, 2.75) is 38.1 Å². The molecule has 0 saturated heterocycles. The average Bonchev–Trinajstić information content (AvgIpc) is 3.38. The summed E-state index contributed by atoms with van der Waals surface area (Å²) in [6.45, 7) is 1.86. The van der Waals surface area contributed by atoms with E-state index in [0.29, 0.717) is 42.1 Å². The lowest BCUT2D eigenvalue weighted by molar-refractivity contribution is -0.145. The summed E-state index contributed by atoms with van der Waals surface area (Å²) in [5.74, 6) is -0.630. The minimum absolute atomic E-state index is 0.0895. The molecule has 1 fully saturated rings. The van der Waals surface area contributed by atoms with Gasteiger partial charge in [0.15, 0.2) is 0 Å². The molecule has 1 amide bonds. The number of nitrogens with one attached hydrogen (secondary N) is 1. The molecule has 28 heavy (non-hydrogen) atoms. The smallest absolute Gasteiger partial charge is 0.309 e. The summed E-state index contributed by atoms with van der Waals surface area (Å²) in [4.78, 5) is 30.5. The Kier molecular flexibility index (Phi) is 4.88. The van der Waals surface area contributed by atoms with Crippen LogP contribution >= 0.6 is 24.2 Å². The molecule has 1 saturated carbocycles. The highest BCUT2D eigenvalue weighted by atomic mass is 35.5. The third-order valence-electron chi connectivity index (χ3n) is 5.59. The zero-order valence-corrected chi connectivity index (χ0v) is 17.4. The zero-order valence-electron chi connectivity index (χ0n) is 15.7. The molecule has 1 aromatic carbocycles. The number of esters is 1. The summed E-state index contributed by atoms with van der Waals surface area (Å²) in [5, 5.41) is 3.59. The molecule has 0 bridgehead atoms. The number of methoxy groups -OCH3 is 1. The zero-order chi connectivity index (χ0) is 20.1. The van der Waals surface area contributed by atoms with Gasteiger partial charge in [-0.2, -0.15) is 0 Å². The summed E-state index contributed by atoms with van der Waals surface area (Å²) in [6.07, 6.45) is 2.43. The predicted molar refractivity (Wildman–Crippen MR) is 112 cm³/mol. The molecule has 0 aromatic heterocycles. The van der Waals surface area contributed by atoms with Gasteiger partial charge in [-0.3, -0.25) is 14.6 Å². The highest BCUT2D eigenvalue weighted by Gasteiger charge is 2.52. The van der Waals surface area contributed by atoms with Crippen LogP contribution in [-0.4, -0.2) is 30.2 Å². The molecule has 1 aliphatic heterocycles. The highest BCUT2D eigenvalue weighted by Crippen LogP contribution is 2.46. The molecule has 1 heterocycles. The maximum Gasteiger partial charge on any atom is 0.309 e. The third kappa shape index (κ3) is 3.18. The first-order valence-corrected chi connectivity index (χ1v) is 10.1. The summed E-state index contributed by atoms with van der Waals surface area (Å²) in [5.41, 5.74) is 3.16. The van der Waals surface area contributed by atoms with E-state index in [9.17, 15) is 9.59 Å². The maximum absolute atomic E-state index is 12.7. The molecular weight excluding hydrogens is 396 g/mol. The number of amides is 1. The largest absolute Gasteiger partial charge is 0.469 e. The number of carbonyl (C=O) groups excluding carboxylic acids is 2. The number of hydrogen-bond acceptors (Lipinski definition) is 5. The van der Waals surface area contributed by atoms with Crippen LogP contribution < -0.4 is 5.32 Å². The monoisotopic (exact) mass is 416 g/mol. The van der Waals surface area contributed by atoms with Crippen LogP contribution in [0.25, 0.3) is 0 Å². The van der Waals surface area contributed by atoms with Gasteiger partial charge < -0.3 is 10.1 Å². The van der Waals surface area contributed by atoms with Crippen LogP contribution in [0.3, 0.4) is 0 Å². The molecular formula is C21H21ClN2O3S. The number of aliphatic imine (C=N–C) groups is 1.